The smallest absolute Gasteiger partial charge is 0.265 e. The Labute approximate surface area is 147 Å². The largest absolute Gasteiger partial charge is 0.482 e. The van der Waals surface area contributed by atoms with E-state index < -0.39 is 8.32 Å². The van der Waals surface area contributed by atoms with E-state index in [0.29, 0.717) is 13.2 Å². The lowest BCUT2D eigenvalue weighted by Crippen LogP contribution is -2.45. The number of nitrogens with zero attached hydrogens (tertiary/aromatic N) is 1. The average molecular weight is 350 g/mol. The molecule has 0 aromatic heterocycles. The SMILES string of the molecule is Cc1ccc2c(c1)N(C[C@H](C)CO[Si](C)(C)C(C)(C)C)C(=O)CO2. The summed E-state index contributed by atoms with van der Waals surface area (Å²) in [6.45, 7) is 16.9. The normalized spacial score (nSPS) is 16.6. The minimum Gasteiger partial charge on any atom is -0.482 e. The molecule has 0 spiro atoms. The van der Waals surface area contributed by atoms with E-state index in [4.69, 9.17) is 9.16 Å². The van der Waals surface area contributed by atoms with Gasteiger partial charge < -0.3 is 14.1 Å². The number of amides is 1. The lowest BCUT2D eigenvalue weighted by molar-refractivity contribution is -0.121. The number of benzene rings is 1. The van der Waals surface area contributed by atoms with Crippen molar-refractivity contribution in [2.24, 2.45) is 5.92 Å². The molecule has 1 amide bonds. The molecule has 0 unspecified atom stereocenters. The van der Waals surface area contributed by atoms with E-state index in [-0.39, 0.29) is 23.5 Å². The lowest BCUT2D eigenvalue weighted by atomic mass is 10.1. The number of ether oxygens (including phenoxy) is 1. The van der Waals surface area contributed by atoms with E-state index in [1.807, 2.05) is 30.0 Å². The first-order valence-corrected chi connectivity index (χ1v) is 11.6. The minimum atomic E-state index is -1.76. The molecular formula is C19H31NO3Si. The number of carbonyl (C=O) groups is 1. The average Bonchev–Trinajstić information content (AvgIpc) is 2.47. The zero-order valence-electron chi connectivity index (χ0n) is 16.1. The summed E-state index contributed by atoms with van der Waals surface area (Å²) in [6, 6.07) is 5.98. The highest BCUT2D eigenvalue weighted by molar-refractivity contribution is 6.74. The molecule has 0 radical (unpaired) electrons. The first-order valence-electron chi connectivity index (χ1n) is 8.69. The Bertz CT molecular complexity index is 607. The molecule has 1 aliphatic rings. The van der Waals surface area contributed by atoms with Crippen molar-refractivity contribution in [2.45, 2.75) is 52.8 Å². The molecule has 1 aromatic carbocycles. The first-order chi connectivity index (χ1) is 11.0. The highest BCUT2D eigenvalue weighted by atomic mass is 28.4. The van der Waals surface area contributed by atoms with Crippen LogP contribution in [-0.2, 0) is 9.22 Å². The molecule has 1 aliphatic heterocycles. The van der Waals surface area contributed by atoms with Crippen molar-refractivity contribution >= 4 is 19.9 Å². The Balaban J connectivity index is 2.05. The Morgan fingerprint density at radius 3 is 2.62 bits per heavy atom. The van der Waals surface area contributed by atoms with Crippen molar-refractivity contribution in [3.05, 3.63) is 23.8 Å². The third-order valence-corrected chi connectivity index (χ3v) is 9.59. The number of fused-ring (bicyclic) bond motifs is 1. The molecule has 4 nitrogen and oxygen atoms in total. The number of rotatable bonds is 5. The Hall–Kier alpha value is -1.33. The quantitative estimate of drug-likeness (QED) is 0.741. The highest BCUT2D eigenvalue weighted by Crippen LogP contribution is 2.37. The van der Waals surface area contributed by atoms with Gasteiger partial charge in [0.2, 0.25) is 0 Å². The van der Waals surface area contributed by atoms with Crippen LogP contribution in [0.4, 0.5) is 5.69 Å². The summed E-state index contributed by atoms with van der Waals surface area (Å²) in [5.74, 6) is 1.08. The fraction of sp³-hybridized carbons (Fsp3) is 0.632. The molecule has 5 heteroatoms. The topological polar surface area (TPSA) is 38.8 Å². The second-order valence-corrected chi connectivity index (χ2v) is 13.2. The van der Waals surface area contributed by atoms with Crippen molar-refractivity contribution in [3.8, 4) is 5.75 Å². The van der Waals surface area contributed by atoms with Crippen LogP contribution in [0.25, 0.3) is 0 Å². The van der Waals surface area contributed by atoms with Crippen LogP contribution >= 0.6 is 0 Å². The summed E-state index contributed by atoms with van der Waals surface area (Å²) in [7, 11) is -1.76. The zero-order valence-corrected chi connectivity index (χ0v) is 17.1. The second kappa shape index (κ2) is 6.88. The minimum absolute atomic E-state index is 0.0206. The maximum atomic E-state index is 12.3. The van der Waals surface area contributed by atoms with Gasteiger partial charge in [-0.2, -0.15) is 0 Å². The second-order valence-electron chi connectivity index (χ2n) is 8.44. The van der Waals surface area contributed by atoms with E-state index in [1.165, 1.54) is 0 Å². The third kappa shape index (κ3) is 4.19. The summed E-state index contributed by atoms with van der Waals surface area (Å²) in [5, 5.41) is 0.200. The van der Waals surface area contributed by atoms with Crippen LogP contribution in [0, 0.1) is 12.8 Å². The van der Waals surface area contributed by atoms with Crippen LogP contribution in [0.5, 0.6) is 5.75 Å². The van der Waals surface area contributed by atoms with Gasteiger partial charge in [-0.05, 0) is 48.7 Å². The van der Waals surface area contributed by atoms with E-state index in [1.54, 1.807) is 0 Å². The molecule has 1 aromatic rings. The van der Waals surface area contributed by atoms with Gasteiger partial charge in [-0.25, -0.2) is 0 Å². The van der Waals surface area contributed by atoms with E-state index in [2.05, 4.69) is 40.8 Å². The van der Waals surface area contributed by atoms with Crippen LogP contribution in [0.2, 0.25) is 18.1 Å². The van der Waals surface area contributed by atoms with Gasteiger partial charge in [0.15, 0.2) is 14.9 Å². The zero-order chi connectivity index (χ0) is 18.1. The molecule has 0 saturated carbocycles. The summed E-state index contributed by atoms with van der Waals surface area (Å²) in [4.78, 5) is 14.2. The molecule has 0 bridgehead atoms. The first kappa shape index (κ1) is 19.0. The van der Waals surface area contributed by atoms with Crippen molar-refractivity contribution in [2.75, 3.05) is 24.7 Å². The standard InChI is InChI=1S/C19H31NO3Si/c1-14-8-9-17-16(10-14)20(18(21)13-22-17)11-15(2)12-23-24(6,7)19(3,4)5/h8-10,15H,11-13H2,1-7H3/t15-/m0/s1. The molecule has 24 heavy (non-hydrogen) atoms. The number of carbonyl (C=O) groups excluding carboxylic acids is 1. The molecule has 0 aliphatic carbocycles. The van der Waals surface area contributed by atoms with Crippen LogP contribution < -0.4 is 9.64 Å². The van der Waals surface area contributed by atoms with E-state index in [9.17, 15) is 4.79 Å². The van der Waals surface area contributed by atoms with Gasteiger partial charge in [-0.3, -0.25) is 4.79 Å². The molecule has 0 N–H and O–H groups in total. The van der Waals surface area contributed by atoms with Gasteiger partial charge in [0.25, 0.3) is 5.91 Å². The fourth-order valence-electron chi connectivity index (χ4n) is 2.44. The van der Waals surface area contributed by atoms with Gasteiger partial charge in [-0.1, -0.05) is 33.8 Å². The maximum Gasteiger partial charge on any atom is 0.265 e. The molecule has 134 valence electrons. The van der Waals surface area contributed by atoms with Gasteiger partial charge in [-0.15, -0.1) is 0 Å². The Kier molecular flexibility index (Phi) is 5.45. The number of anilines is 1. The number of hydrogen-bond acceptors (Lipinski definition) is 3. The molecule has 1 heterocycles. The molecule has 1 atom stereocenters. The lowest BCUT2D eigenvalue weighted by Gasteiger charge is -2.38. The monoisotopic (exact) mass is 349 g/mol. The van der Waals surface area contributed by atoms with E-state index in [0.717, 1.165) is 17.0 Å². The van der Waals surface area contributed by atoms with Crippen molar-refractivity contribution in [1.82, 2.24) is 0 Å². The van der Waals surface area contributed by atoms with Gasteiger partial charge in [0.05, 0.1) is 5.69 Å². The van der Waals surface area contributed by atoms with Gasteiger partial charge in [0, 0.05) is 13.2 Å². The van der Waals surface area contributed by atoms with E-state index >= 15 is 0 Å². The summed E-state index contributed by atoms with van der Waals surface area (Å²) < 4.78 is 11.9. The van der Waals surface area contributed by atoms with Gasteiger partial charge >= 0.3 is 0 Å². The Morgan fingerprint density at radius 2 is 2.00 bits per heavy atom. The van der Waals surface area contributed by atoms with Crippen molar-refractivity contribution < 1.29 is 14.0 Å². The third-order valence-electron chi connectivity index (χ3n) is 5.09. The number of aryl methyl sites for hydroxylation is 1. The molecule has 0 saturated heterocycles. The molecule has 2 rings (SSSR count). The van der Waals surface area contributed by atoms with Gasteiger partial charge in [0.1, 0.15) is 5.75 Å². The van der Waals surface area contributed by atoms with Crippen LogP contribution in [0.1, 0.15) is 33.3 Å². The van der Waals surface area contributed by atoms with Crippen LogP contribution in [0.3, 0.4) is 0 Å². The fourth-order valence-corrected chi connectivity index (χ4v) is 3.58. The predicted molar refractivity (Wildman–Crippen MR) is 101 cm³/mol. The Morgan fingerprint density at radius 1 is 1.33 bits per heavy atom. The van der Waals surface area contributed by atoms with Crippen molar-refractivity contribution in [3.63, 3.8) is 0 Å². The molecule has 0 fully saturated rings. The maximum absolute atomic E-state index is 12.3. The van der Waals surface area contributed by atoms with Crippen LogP contribution in [-0.4, -0.2) is 34.0 Å². The number of hydrogen-bond donors (Lipinski definition) is 0. The molecular weight excluding hydrogens is 318 g/mol. The highest BCUT2D eigenvalue weighted by Gasteiger charge is 2.37. The summed E-state index contributed by atoms with van der Waals surface area (Å²) in [5.41, 5.74) is 2.01. The van der Waals surface area contributed by atoms with Crippen molar-refractivity contribution in [1.29, 1.82) is 0 Å². The van der Waals surface area contributed by atoms with Crippen LogP contribution in [0.15, 0.2) is 18.2 Å². The summed E-state index contributed by atoms with van der Waals surface area (Å²) >= 11 is 0. The summed E-state index contributed by atoms with van der Waals surface area (Å²) in [6.07, 6.45) is 0. The predicted octanol–water partition coefficient (Wildman–Crippen LogP) is 4.38.